The molecule has 1 aliphatic carbocycles. The third kappa shape index (κ3) is 4.04. The van der Waals surface area contributed by atoms with Crippen LogP contribution in [0.3, 0.4) is 0 Å². The summed E-state index contributed by atoms with van der Waals surface area (Å²) in [5.74, 6) is -0.0643. The number of carbonyl (C=O) groups is 2. The highest BCUT2D eigenvalue weighted by Crippen LogP contribution is 2.30. The highest BCUT2D eigenvalue weighted by atomic mass is 16.2. The van der Waals surface area contributed by atoms with Crippen LogP contribution in [0.4, 0.5) is 11.4 Å². The van der Waals surface area contributed by atoms with Crippen LogP contribution in [0.25, 0.3) is 22.3 Å². The monoisotopic (exact) mass is 440 g/mol. The molecule has 1 saturated carbocycles. The van der Waals surface area contributed by atoms with Gasteiger partial charge in [-0.3, -0.25) is 9.59 Å². The first-order chi connectivity index (χ1) is 16.1. The highest BCUT2D eigenvalue weighted by molar-refractivity contribution is 6.09. The molecule has 0 spiro atoms. The summed E-state index contributed by atoms with van der Waals surface area (Å²) < 4.78 is 0. The number of nitrogens with one attached hydrogen (secondary N) is 4. The van der Waals surface area contributed by atoms with Crippen LogP contribution in [0.2, 0.25) is 0 Å². The Morgan fingerprint density at radius 3 is 2.67 bits per heavy atom. The Bertz CT molecular complexity index is 1380. The molecule has 2 aromatic carbocycles. The number of rotatable bonds is 5. The van der Waals surface area contributed by atoms with Crippen molar-refractivity contribution in [3.05, 3.63) is 53.7 Å². The highest BCUT2D eigenvalue weighted by Gasteiger charge is 2.23. The van der Waals surface area contributed by atoms with E-state index in [2.05, 4.69) is 42.3 Å². The molecule has 164 valence electrons. The molecule has 2 amide bonds. The number of hydrogen-bond acceptors (Lipinski definition) is 6. The van der Waals surface area contributed by atoms with Gasteiger partial charge in [0.1, 0.15) is 5.69 Å². The average Bonchev–Trinajstić information content (AvgIpc) is 3.61. The molecule has 0 unspecified atom stereocenters. The van der Waals surface area contributed by atoms with E-state index >= 15 is 0 Å². The number of aromatic nitrogens is 5. The molecule has 0 atom stereocenters. The van der Waals surface area contributed by atoms with Crippen molar-refractivity contribution in [2.24, 2.45) is 5.92 Å². The summed E-state index contributed by atoms with van der Waals surface area (Å²) in [7, 11) is 0. The maximum atomic E-state index is 13.0. The standard InChI is InChI=1S/C23H20N8O2/c24-12-13-8-9-17(16(10-13)21-28-30-31-29-21)26-23(33)19-11-15-6-3-7-18(20(15)25-19)27-22(32)14-4-1-2-5-14/h3,6-11,14,25H,1-2,4-5H2,(H,26,33)(H,27,32)(H,28,29,30,31). The Labute approximate surface area is 188 Å². The topological polar surface area (TPSA) is 152 Å². The van der Waals surface area contributed by atoms with Gasteiger partial charge in [0, 0.05) is 16.9 Å². The minimum absolute atomic E-state index is 0.0166. The predicted molar refractivity (Wildman–Crippen MR) is 121 cm³/mol. The van der Waals surface area contributed by atoms with Crippen molar-refractivity contribution in [1.82, 2.24) is 25.6 Å². The second-order valence-corrected chi connectivity index (χ2v) is 7.99. The molecule has 0 aliphatic heterocycles. The minimum Gasteiger partial charge on any atom is -0.349 e. The van der Waals surface area contributed by atoms with Crippen LogP contribution in [0.1, 0.15) is 41.7 Å². The smallest absolute Gasteiger partial charge is 0.272 e. The molecule has 33 heavy (non-hydrogen) atoms. The average molecular weight is 440 g/mol. The molecule has 4 aromatic rings. The molecule has 5 rings (SSSR count). The number of benzene rings is 2. The summed E-state index contributed by atoms with van der Waals surface area (Å²) in [5.41, 5.74) is 2.98. The van der Waals surface area contributed by atoms with Crippen molar-refractivity contribution in [2.75, 3.05) is 10.6 Å². The summed E-state index contributed by atoms with van der Waals surface area (Å²) in [6.45, 7) is 0. The minimum atomic E-state index is -0.381. The first-order valence-electron chi connectivity index (χ1n) is 10.6. The van der Waals surface area contributed by atoms with Crippen LogP contribution in [-0.4, -0.2) is 37.4 Å². The number of carbonyl (C=O) groups excluding carboxylic acids is 2. The lowest BCUT2D eigenvalue weighted by molar-refractivity contribution is -0.119. The predicted octanol–water partition coefficient (Wildman–Crippen LogP) is 3.60. The normalized spacial score (nSPS) is 13.7. The van der Waals surface area contributed by atoms with Crippen molar-refractivity contribution < 1.29 is 9.59 Å². The summed E-state index contributed by atoms with van der Waals surface area (Å²) >= 11 is 0. The van der Waals surface area contributed by atoms with E-state index in [9.17, 15) is 14.9 Å². The van der Waals surface area contributed by atoms with Gasteiger partial charge in [-0.25, -0.2) is 0 Å². The van der Waals surface area contributed by atoms with Gasteiger partial charge in [-0.05, 0) is 48.4 Å². The van der Waals surface area contributed by atoms with Crippen LogP contribution in [0, 0.1) is 17.2 Å². The van der Waals surface area contributed by atoms with E-state index in [-0.39, 0.29) is 23.6 Å². The number of aromatic amines is 2. The quantitative estimate of drug-likeness (QED) is 0.372. The second-order valence-electron chi connectivity index (χ2n) is 7.99. The number of fused-ring (bicyclic) bond motifs is 1. The van der Waals surface area contributed by atoms with Gasteiger partial charge in [-0.1, -0.05) is 25.0 Å². The largest absolute Gasteiger partial charge is 0.349 e. The molecule has 0 bridgehead atoms. The van der Waals surface area contributed by atoms with Gasteiger partial charge in [0.2, 0.25) is 11.7 Å². The van der Waals surface area contributed by atoms with E-state index in [0.29, 0.717) is 33.7 Å². The fraction of sp³-hybridized carbons (Fsp3) is 0.217. The number of nitrogens with zero attached hydrogens (tertiary/aromatic N) is 4. The molecule has 10 nitrogen and oxygen atoms in total. The SMILES string of the molecule is N#Cc1ccc(NC(=O)c2cc3cccc(NC(=O)C4CCCC4)c3[nH]2)c(-c2nn[nH]n2)c1. The van der Waals surface area contributed by atoms with E-state index in [1.807, 2.05) is 18.2 Å². The first-order valence-corrected chi connectivity index (χ1v) is 10.6. The van der Waals surface area contributed by atoms with E-state index < -0.39 is 0 Å². The fourth-order valence-electron chi connectivity index (χ4n) is 4.18. The van der Waals surface area contributed by atoms with Crippen molar-refractivity contribution in [2.45, 2.75) is 25.7 Å². The molecule has 0 saturated heterocycles. The van der Waals surface area contributed by atoms with E-state index in [1.165, 1.54) is 0 Å². The molecule has 1 fully saturated rings. The van der Waals surface area contributed by atoms with Crippen LogP contribution in [0.5, 0.6) is 0 Å². The number of anilines is 2. The Kier molecular flexibility index (Phi) is 5.28. The van der Waals surface area contributed by atoms with E-state index in [4.69, 9.17) is 0 Å². The van der Waals surface area contributed by atoms with Crippen molar-refractivity contribution in [3.8, 4) is 17.5 Å². The molecular weight excluding hydrogens is 420 g/mol. The van der Waals surface area contributed by atoms with Gasteiger partial charge < -0.3 is 15.6 Å². The van der Waals surface area contributed by atoms with Crippen LogP contribution in [-0.2, 0) is 4.79 Å². The number of nitriles is 1. The van der Waals surface area contributed by atoms with Crippen molar-refractivity contribution >= 4 is 34.1 Å². The summed E-state index contributed by atoms with van der Waals surface area (Å²) in [5, 5.41) is 29.7. The Morgan fingerprint density at radius 1 is 1.06 bits per heavy atom. The lowest BCUT2D eigenvalue weighted by Crippen LogP contribution is -2.20. The van der Waals surface area contributed by atoms with Gasteiger partial charge in [0.25, 0.3) is 5.91 Å². The van der Waals surface area contributed by atoms with Gasteiger partial charge in [0.05, 0.1) is 28.5 Å². The van der Waals surface area contributed by atoms with Crippen molar-refractivity contribution in [3.63, 3.8) is 0 Å². The fourth-order valence-corrected chi connectivity index (χ4v) is 4.18. The lowest BCUT2D eigenvalue weighted by Gasteiger charge is -2.11. The maximum Gasteiger partial charge on any atom is 0.272 e. The Hall–Kier alpha value is -4.52. The van der Waals surface area contributed by atoms with Gasteiger partial charge >= 0.3 is 0 Å². The zero-order chi connectivity index (χ0) is 22.8. The first kappa shape index (κ1) is 20.4. The third-order valence-electron chi connectivity index (χ3n) is 5.87. The molecule has 10 heteroatoms. The van der Waals surface area contributed by atoms with E-state index in [1.54, 1.807) is 24.3 Å². The zero-order valence-corrected chi connectivity index (χ0v) is 17.6. The number of tetrazole rings is 1. The summed E-state index contributed by atoms with van der Waals surface area (Å²) in [4.78, 5) is 28.8. The van der Waals surface area contributed by atoms with E-state index in [0.717, 1.165) is 31.1 Å². The zero-order valence-electron chi connectivity index (χ0n) is 17.6. The molecular formula is C23H20N8O2. The molecule has 4 N–H and O–H groups in total. The second kappa shape index (κ2) is 8.55. The van der Waals surface area contributed by atoms with Gasteiger partial charge in [0.15, 0.2) is 0 Å². The van der Waals surface area contributed by atoms with Gasteiger partial charge in [-0.15, -0.1) is 10.2 Å². The molecule has 0 radical (unpaired) electrons. The molecule has 2 heterocycles. The van der Waals surface area contributed by atoms with Crippen LogP contribution < -0.4 is 10.6 Å². The summed E-state index contributed by atoms with van der Waals surface area (Å²) in [6, 6.07) is 14.1. The lowest BCUT2D eigenvalue weighted by atomic mass is 10.1. The Balaban J connectivity index is 1.42. The number of H-pyrrole nitrogens is 2. The number of amides is 2. The van der Waals surface area contributed by atoms with Crippen LogP contribution >= 0.6 is 0 Å². The van der Waals surface area contributed by atoms with Crippen molar-refractivity contribution in [1.29, 1.82) is 5.26 Å². The van der Waals surface area contributed by atoms with Crippen LogP contribution in [0.15, 0.2) is 42.5 Å². The van der Waals surface area contributed by atoms with Gasteiger partial charge in [-0.2, -0.15) is 10.5 Å². The maximum absolute atomic E-state index is 13.0. The number of hydrogen-bond donors (Lipinski definition) is 4. The summed E-state index contributed by atoms with van der Waals surface area (Å²) in [6.07, 6.45) is 3.98. The number of para-hydroxylation sites is 1. The molecule has 2 aromatic heterocycles. The Morgan fingerprint density at radius 2 is 1.91 bits per heavy atom. The third-order valence-corrected chi connectivity index (χ3v) is 5.87. The molecule has 1 aliphatic rings.